The van der Waals surface area contributed by atoms with Crippen molar-refractivity contribution in [3.63, 3.8) is 0 Å². The number of nitrogens with zero attached hydrogens (tertiary/aromatic N) is 2. The molecule has 0 N–H and O–H groups in total. The van der Waals surface area contributed by atoms with Gasteiger partial charge in [0.25, 0.3) is 0 Å². The molecule has 1 aromatic heterocycles. The Hall–Kier alpha value is -3.21. The molecule has 0 spiro atoms. The first-order chi connectivity index (χ1) is 12.2. The van der Waals surface area contributed by atoms with E-state index in [1.54, 1.807) is 24.3 Å². The number of hydrogen-bond acceptors (Lipinski definition) is 5. The number of hydrogen-bond donors (Lipinski definition) is 0. The van der Waals surface area contributed by atoms with Crippen molar-refractivity contribution in [1.29, 1.82) is 0 Å². The van der Waals surface area contributed by atoms with Crippen LogP contribution in [0.5, 0.6) is 11.6 Å². The Morgan fingerprint density at radius 3 is 2.36 bits per heavy atom. The first-order valence-electron chi connectivity index (χ1n) is 8.02. The first kappa shape index (κ1) is 16.6. The zero-order valence-corrected chi connectivity index (χ0v) is 14.1. The maximum absolute atomic E-state index is 12.2. The highest BCUT2D eigenvalue weighted by Gasteiger charge is 2.12. The molecule has 0 unspecified atom stereocenters. The number of esters is 1. The molecule has 3 aromatic rings. The van der Waals surface area contributed by atoms with Crippen molar-refractivity contribution in [1.82, 2.24) is 10.2 Å². The molecule has 0 radical (unpaired) electrons. The molecule has 5 heteroatoms. The maximum Gasteiger partial charge on any atom is 0.345 e. The van der Waals surface area contributed by atoms with Gasteiger partial charge in [0.05, 0.1) is 17.9 Å². The quantitative estimate of drug-likeness (QED) is 0.658. The topological polar surface area (TPSA) is 61.3 Å². The van der Waals surface area contributed by atoms with Gasteiger partial charge in [-0.2, -0.15) is 0 Å². The zero-order valence-electron chi connectivity index (χ0n) is 14.1. The maximum atomic E-state index is 12.2. The number of ether oxygens (including phenoxy) is 2. The van der Waals surface area contributed by atoms with Crippen molar-refractivity contribution >= 4 is 5.97 Å². The first-order valence-corrected chi connectivity index (χ1v) is 8.02. The lowest BCUT2D eigenvalue weighted by atomic mass is 10.1. The van der Waals surface area contributed by atoms with Gasteiger partial charge in [-0.15, -0.1) is 10.2 Å². The van der Waals surface area contributed by atoms with E-state index in [-0.39, 0.29) is 5.88 Å². The fourth-order valence-electron chi connectivity index (χ4n) is 2.37. The highest BCUT2D eigenvalue weighted by Crippen LogP contribution is 2.21. The van der Waals surface area contributed by atoms with Gasteiger partial charge in [0, 0.05) is 11.6 Å². The molecule has 5 nitrogen and oxygen atoms in total. The molecular weight excluding hydrogens is 316 g/mol. The molecule has 3 rings (SSSR count). The number of aromatic nitrogens is 2. The van der Waals surface area contributed by atoms with Crippen molar-refractivity contribution in [3.8, 4) is 22.9 Å². The summed E-state index contributed by atoms with van der Waals surface area (Å²) in [7, 11) is 0. The summed E-state index contributed by atoms with van der Waals surface area (Å²) in [4.78, 5) is 12.2. The fraction of sp³-hybridized carbons (Fsp3) is 0.150. The molecule has 0 saturated heterocycles. The van der Waals surface area contributed by atoms with Crippen molar-refractivity contribution in [2.75, 3.05) is 6.61 Å². The van der Waals surface area contributed by atoms with Crippen LogP contribution >= 0.6 is 0 Å². The number of carbonyl (C=O) groups excluding carboxylic acids is 1. The lowest BCUT2D eigenvalue weighted by Gasteiger charge is -2.07. The van der Waals surface area contributed by atoms with Crippen molar-refractivity contribution < 1.29 is 14.3 Å². The van der Waals surface area contributed by atoms with Gasteiger partial charge in [-0.1, -0.05) is 18.2 Å². The van der Waals surface area contributed by atoms with E-state index in [1.807, 2.05) is 50.2 Å². The summed E-state index contributed by atoms with van der Waals surface area (Å²) < 4.78 is 10.7. The zero-order chi connectivity index (χ0) is 17.6. The van der Waals surface area contributed by atoms with E-state index in [0.29, 0.717) is 17.9 Å². The van der Waals surface area contributed by atoms with Crippen LogP contribution in [0.4, 0.5) is 0 Å². The second kappa shape index (κ2) is 7.57. The molecule has 2 aromatic carbocycles. The normalized spacial score (nSPS) is 10.3. The van der Waals surface area contributed by atoms with E-state index < -0.39 is 5.97 Å². The molecule has 0 aliphatic heterocycles. The number of rotatable bonds is 5. The number of benzene rings is 2. The van der Waals surface area contributed by atoms with Crippen molar-refractivity contribution in [3.05, 3.63) is 71.8 Å². The summed E-state index contributed by atoms with van der Waals surface area (Å²) >= 11 is 0. The van der Waals surface area contributed by atoms with E-state index in [4.69, 9.17) is 9.47 Å². The van der Waals surface area contributed by atoms with E-state index in [9.17, 15) is 4.79 Å². The third kappa shape index (κ3) is 4.01. The molecule has 0 amide bonds. The van der Waals surface area contributed by atoms with Gasteiger partial charge in [0.1, 0.15) is 5.75 Å². The van der Waals surface area contributed by atoms with Gasteiger partial charge < -0.3 is 9.47 Å². The second-order valence-corrected chi connectivity index (χ2v) is 5.42. The summed E-state index contributed by atoms with van der Waals surface area (Å²) in [5.74, 6) is 0.534. The average Bonchev–Trinajstić information content (AvgIpc) is 2.64. The molecule has 0 saturated carbocycles. The Morgan fingerprint density at radius 2 is 1.72 bits per heavy atom. The minimum Gasteiger partial charge on any atom is -0.494 e. The fourth-order valence-corrected chi connectivity index (χ4v) is 2.37. The lowest BCUT2D eigenvalue weighted by Crippen LogP contribution is -2.11. The Balaban J connectivity index is 1.72. The van der Waals surface area contributed by atoms with Crippen LogP contribution in [0.1, 0.15) is 22.8 Å². The van der Waals surface area contributed by atoms with Crippen LogP contribution in [0, 0.1) is 6.92 Å². The Kier molecular flexibility index (Phi) is 5.04. The summed E-state index contributed by atoms with van der Waals surface area (Å²) in [6.45, 7) is 4.42. The molecule has 0 aliphatic carbocycles. The van der Waals surface area contributed by atoms with Crippen LogP contribution in [-0.2, 0) is 0 Å². The summed E-state index contributed by atoms with van der Waals surface area (Å²) in [6.07, 6.45) is 0. The minimum atomic E-state index is -0.443. The molecule has 126 valence electrons. The summed E-state index contributed by atoms with van der Waals surface area (Å²) in [5, 5.41) is 8.11. The van der Waals surface area contributed by atoms with Gasteiger partial charge in [-0.05, 0) is 55.8 Å². The van der Waals surface area contributed by atoms with Crippen molar-refractivity contribution in [2.45, 2.75) is 13.8 Å². The van der Waals surface area contributed by atoms with Crippen molar-refractivity contribution in [2.24, 2.45) is 0 Å². The summed E-state index contributed by atoms with van der Waals surface area (Å²) in [6, 6.07) is 18.2. The smallest absolute Gasteiger partial charge is 0.345 e. The molecule has 0 atom stereocenters. The molecule has 0 bridgehead atoms. The molecule has 0 aliphatic rings. The van der Waals surface area contributed by atoms with Crippen LogP contribution in [-0.4, -0.2) is 22.8 Å². The monoisotopic (exact) mass is 334 g/mol. The highest BCUT2D eigenvalue weighted by molar-refractivity contribution is 5.92. The number of carbonyl (C=O) groups is 1. The Labute approximate surface area is 146 Å². The van der Waals surface area contributed by atoms with Crippen LogP contribution in [0.15, 0.2) is 60.7 Å². The molecule has 25 heavy (non-hydrogen) atoms. The predicted molar refractivity (Wildman–Crippen MR) is 94.8 cm³/mol. The largest absolute Gasteiger partial charge is 0.494 e. The van der Waals surface area contributed by atoms with Crippen LogP contribution in [0.25, 0.3) is 11.3 Å². The standard InChI is InChI=1S/C20H18N2O3/c1-3-24-16-10-8-15(9-11-16)18-12-13-19(22-21-18)25-20(23)17-7-5-4-6-14(17)2/h4-13H,3H2,1-2H3. The lowest BCUT2D eigenvalue weighted by molar-refractivity contribution is 0.0725. The second-order valence-electron chi connectivity index (χ2n) is 5.42. The van der Waals surface area contributed by atoms with Crippen LogP contribution in [0.3, 0.4) is 0 Å². The highest BCUT2D eigenvalue weighted by atomic mass is 16.5. The van der Waals surface area contributed by atoms with Gasteiger partial charge >= 0.3 is 5.97 Å². The molecular formula is C20H18N2O3. The predicted octanol–water partition coefficient (Wildman–Crippen LogP) is 4.07. The van der Waals surface area contributed by atoms with Gasteiger partial charge in [0.15, 0.2) is 0 Å². The molecule has 1 heterocycles. The SMILES string of the molecule is CCOc1ccc(-c2ccc(OC(=O)c3ccccc3C)nn2)cc1. The van der Waals surface area contributed by atoms with Gasteiger partial charge in [-0.3, -0.25) is 0 Å². The Morgan fingerprint density at radius 1 is 0.960 bits per heavy atom. The third-order valence-electron chi connectivity index (χ3n) is 3.66. The average molecular weight is 334 g/mol. The van der Waals surface area contributed by atoms with E-state index in [2.05, 4.69) is 10.2 Å². The van der Waals surface area contributed by atoms with Gasteiger partial charge in [-0.25, -0.2) is 4.79 Å². The van der Waals surface area contributed by atoms with Crippen LogP contribution in [0.2, 0.25) is 0 Å². The minimum absolute atomic E-state index is 0.169. The summed E-state index contributed by atoms with van der Waals surface area (Å²) in [5.41, 5.74) is 2.97. The van der Waals surface area contributed by atoms with Crippen LogP contribution < -0.4 is 9.47 Å². The Bertz CT molecular complexity index is 859. The van der Waals surface area contributed by atoms with E-state index in [1.165, 1.54) is 0 Å². The molecule has 0 fully saturated rings. The van der Waals surface area contributed by atoms with E-state index in [0.717, 1.165) is 16.9 Å². The number of aryl methyl sites for hydroxylation is 1. The van der Waals surface area contributed by atoms with E-state index >= 15 is 0 Å². The third-order valence-corrected chi connectivity index (χ3v) is 3.66. The van der Waals surface area contributed by atoms with Gasteiger partial charge in [0.2, 0.25) is 5.88 Å².